The lowest BCUT2D eigenvalue weighted by atomic mass is 9.82. The van der Waals surface area contributed by atoms with Gasteiger partial charge in [0.05, 0.1) is 5.56 Å². The molecule has 1 aliphatic rings. The first-order valence-corrected chi connectivity index (χ1v) is 50.3. The van der Waals surface area contributed by atoms with E-state index in [-0.39, 0.29) is 5.41 Å². The van der Waals surface area contributed by atoms with Crippen LogP contribution < -0.4 is 0 Å². The van der Waals surface area contributed by atoms with Crippen molar-refractivity contribution in [2.45, 2.75) is 19.3 Å². The quantitative estimate of drug-likeness (QED) is 0.129. The van der Waals surface area contributed by atoms with Crippen molar-refractivity contribution in [2.75, 3.05) is 0 Å². The summed E-state index contributed by atoms with van der Waals surface area (Å²) in [4.78, 5) is 46.1. The van der Waals surface area contributed by atoms with Crippen LogP contribution in [0.4, 0.5) is 0 Å². The Hall–Kier alpha value is -17.3. The minimum Gasteiger partial charge on any atom is -0.456 e. The third-order valence-electron chi connectivity index (χ3n) is 27.7. The van der Waals surface area contributed by atoms with E-state index in [4.69, 9.17) is 53.7 Å². The maximum Gasteiger partial charge on any atom is 0.167 e. The van der Waals surface area contributed by atoms with Crippen molar-refractivity contribution in [1.82, 2.24) is 44.9 Å². The van der Waals surface area contributed by atoms with Crippen molar-refractivity contribution in [3.8, 4) is 125 Å². The highest BCUT2D eigenvalue weighted by atomic mass is 32.1. The van der Waals surface area contributed by atoms with Crippen LogP contribution in [0, 0.1) is 0 Å². The van der Waals surface area contributed by atoms with Crippen LogP contribution in [0.3, 0.4) is 0 Å². The summed E-state index contributed by atoms with van der Waals surface area (Å²) in [5.74, 6) is 5.76. The van der Waals surface area contributed by atoms with Crippen molar-refractivity contribution in [3.05, 3.63) is 430 Å². The van der Waals surface area contributed by atoms with Crippen molar-refractivity contribution >= 4 is 202 Å². The summed E-state index contributed by atoms with van der Waals surface area (Å²) >= 11 is 7.29. The Balaban J connectivity index is 0.000000105. The molecule has 15 heteroatoms. The van der Waals surface area contributed by atoms with E-state index < -0.39 is 0 Å². The Morgan fingerprint density at radius 3 is 1.19 bits per heavy atom. The molecule has 0 saturated heterocycles. The van der Waals surface area contributed by atoms with Crippen LogP contribution in [0.1, 0.15) is 25.0 Å². The molecule has 1 aliphatic carbocycles. The molecule has 11 nitrogen and oxygen atoms in total. The minimum absolute atomic E-state index is 0.107. The molecule has 0 spiro atoms. The molecule has 29 aromatic rings. The van der Waals surface area contributed by atoms with Gasteiger partial charge < -0.3 is 8.83 Å². The Morgan fingerprint density at radius 1 is 0.177 bits per heavy atom. The van der Waals surface area contributed by atoms with E-state index in [9.17, 15) is 0 Å². The molecule has 30 rings (SSSR count). The molecule has 20 aromatic carbocycles. The second-order valence-electron chi connectivity index (χ2n) is 36.5. The molecule has 9 heterocycles. The largest absolute Gasteiger partial charge is 0.456 e. The van der Waals surface area contributed by atoms with Crippen molar-refractivity contribution in [1.29, 1.82) is 0 Å². The predicted molar refractivity (Wildman–Crippen MR) is 590 cm³/mol. The summed E-state index contributed by atoms with van der Waals surface area (Å²) in [6.07, 6.45) is 0. The maximum atomic E-state index is 6.36. The van der Waals surface area contributed by atoms with E-state index in [0.29, 0.717) is 52.4 Å². The Bertz CT molecular complexity index is 10200. The van der Waals surface area contributed by atoms with Crippen LogP contribution in [0.5, 0.6) is 0 Å². The van der Waals surface area contributed by atoms with E-state index in [0.717, 1.165) is 105 Å². The Morgan fingerprint density at radius 2 is 0.532 bits per heavy atom. The fourth-order valence-electron chi connectivity index (χ4n) is 20.8. The van der Waals surface area contributed by atoms with Gasteiger partial charge in [0.2, 0.25) is 0 Å². The number of furan rings is 2. The van der Waals surface area contributed by atoms with E-state index in [1.165, 1.54) is 135 Å². The molecule has 0 bridgehead atoms. The molecule has 0 aliphatic heterocycles. The van der Waals surface area contributed by atoms with Crippen LogP contribution in [0.25, 0.3) is 282 Å². The van der Waals surface area contributed by atoms with Gasteiger partial charge >= 0.3 is 0 Å². The van der Waals surface area contributed by atoms with Gasteiger partial charge in [-0.1, -0.05) is 317 Å². The molecule has 0 amide bonds. The number of nitrogens with zero attached hydrogens (tertiary/aromatic N) is 9. The number of benzene rings is 20. The molecule has 660 valence electrons. The lowest BCUT2D eigenvalue weighted by Crippen LogP contribution is -2.15. The molecule has 0 unspecified atom stereocenters. The predicted octanol–water partition coefficient (Wildman–Crippen LogP) is 35.3. The van der Waals surface area contributed by atoms with E-state index in [1.54, 1.807) is 0 Å². The van der Waals surface area contributed by atoms with Gasteiger partial charge in [-0.05, 0) is 181 Å². The monoisotopic (exact) mass is 1870 g/mol. The van der Waals surface area contributed by atoms with Gasteiger partial charge in [-0.3, -0.25) is 0 Å². The van der Waals surface area contributed by atoms with E-state index in [2.05, 4.69) is 323 Å². The average molecular weight is 1880 g/mol. The number of fused-ring (bicyclic) bond motifs is 24. The van der Waals surface area contributed by atoms with Gasteiger partial charge in [-0.2, -0.15) is 0 Å². The van der Waals surface area contributed by atoms with Crippen LogP contribution >= 0.6 is 45.3 Å². The van der Waals surface area contributed by atoms with Gasteiger partial charge in [0.25, 0.3) is 0 Å². The standard InChI is InChI=1S/C49H27N3OS2.C40H27N3S.C37H21N3OS/c1-2-10-30-25-45-39(24-29(30)9-1)36-22-20-33(27-44(36)55-45)48-50-47(51-49(52-48)38-15-8-17-41-46(38)37-14-3-5-16-40(37)53-41)32-12-7-11-28(23-32)31-19-21-35-34-13-4-6-18-42(34)54-43(35)26-31;1-40(2)32-17-9-8-15-28(32)29-20-19-27(22-33(29)40)38-41-37(24-11-4-3-5-12-24)42-39(43-38)30-16-10-18-34-36(30)31-21-25-13-6-7-14-26(25)23-35(31)44-34;1-2-9-22(10-3-1)35-38-36(40-37(39-35)28-15-8-14-27-26-13-6-7-16-31(26)41-34(27)28)25-17-18-32-29(20-25)30-19-23-11-4-5-12-24(23)21-33(30)42-32/h1-27H;3-23H,1-2H3;1-21H. The summed E-state index contributed by atoms with van der Waals surface area (Å²) in [7, 11) is 0. The molecule has 0 atom stereocenters. The summed E-state index contributed by atoms with van der Waals surface area (Å²) in [6, 6.07) is 147. The SMILES string of the molecule is CC1(C)c2ccccc2-c2ccc(-c3nc(-c4ccccc4)nc(-c4cccc5sc6cc7ccccc7cc6c45)n3)cc21.c1cc(-c2ccc3c(c2)sc2ccccc23)cc(-c2nc(-c3ccc4c(c3)sc3cc5ccccc5cc34)nc(-c3cccc4oc5ccccc5c34)n2)c1.c1ccc(-c2nc(-c3ccc4sc5cc6ccccc6cc5c4c3)nc(-c3cccc4c3oc3ccccc34)n2)cc1. The van der Waals surface area contributed by atoms with Gasteiger partial charge in [0.1, 0.15) is 22.3 Å². The molecule has 0 N–H and O–H groups in total. The van der Waals surface area contributed by atoms with Crippen LogP contribution in [-0.4, -0.2) is 44.9 Å². The smallest absolute Gasteiger partial charge is 0.167 e. The first-order valence-electron chi connectivity index (χ1n) is 47.1. The van der Waals surface area contributed by atoms with Crippen LogP contribution in [0.15, 0.2) is 427 Å². The molecule has 141 heavy (non-hydrogen) atoms. The highest BCUT2D eigenvalue weighted by molar-refractivity contribution is 7.27. The molecule has 9 aromatic heterocycles. The summed E-state index contributed by atoms with van der Waals surface area (Å²) in [5.41, 5.74) is 19.2. The summed E-state index contributed by atoms with van der Waals surface area (Å²) in [5, 5.41) is 21.6. The fraction of sp³-hybridized carbons (Fsp3) is 0.0238. The number of rotatable bonds is 10. The van der Waals surface area contributed by atoms with E-state index in [1.807, 2.05) is 155 Å². The summed E-state index contributed by atoms with van der Waals surface area (Å²) in [6.45, 7) is 4.61. The second-order valence-corrected chi connectivity index (χ2v) is 40.9. The maximum absolute atomic E-state index is 6.36. The zero-order valence-corrected chi connectivity index (χ0v) is 79.1. The molecular formula is C126H75N9O2S4. The Kier molecular flexibility index (Phi) is 19.2. The van der Waals surface area contributed by atoms with Gasteiger partial charge in [-0.25, -0.2) is 44.9 Å². The van der Waals surface area contributed by atoms with E-state index >= 15 is 0 Å². The molecule has 0 radical (unpaired) electrons. The topological polar surface area (TPSA) is 142 Å². The Labute approximate surface area is 823 Å². The van der Waals surface area contributed by atoms with Crippen LogP contribution in [0.2, 0.25) is 0 Å². The zero-order chi connectivity index (χ0) is 93.1. The van der Waals surface area contributed by atoms with Crippen molar-refractivity contribution in [3.63, 3.8) is 0 Å². The number of hydrogen-bond donors (Lipinski definition) is 0. The third-order valence-corrected chi connectivity index (χ3v) is 32.2. The van der Waals surface area contributed by atoms with Gasteiger partial charge in [-0.15, -0.1) is 45.3 Å². The number of aromatic nitrogens is 9. The lowest BCUT2D eigenvalue weighted by Gasteiger charge is -2.21. The average Bonchev–Trinajstić information content (AvgIpc) is 1.58. The third kappa shape index (κ3) is 14.1. The normalized spacial score (nSPS) is 12.4. The fourth-order valence-corrected chi connectivity index (χ4v) is 25.4. The molecular weight excluding hydrogens is 1800 g/mol. The molecule has 0 saturated carbocycles. The van der Waals surface area contributed by atoms with Crippen molar-refractivity contribution in [2.24, 2.45) is 0 Å². The number of hydrogen-bond acceptors (Lipinski definition) is 15. The number of para-hydroxylation sites is 3. The lowest BCUT2D eigenvalue weighted by molar-refractivity contribution is 0.660. The second kappa shape index (κ2) is 33.0. The van der Waals surface area contributed by atoms with Gasteiger partial charge in [0.15, 0.2) is 52.4 Å². The van der Waals surface area contributed by atoms with Crippen LogP contribution in [-0.2, 0) is 5.41 Å². The minimum atomic E-state index is -0.107. The highest BCUT2D eigenvalue weighted by Crippen LogP contribution is 2.52. The first-order chi connectivity index (χ1) is 69.5. The zero-order valence-electron chi connectivity index (χ0n) is 75.8. The highest BCUT2D eigenvalue weighted by Gasteiger charge is 2.36. The van der Waals surface area contributed by atoms with Gasteiger partial charge in [0, 0.05) is 152 Å². The summed E-state index contributed by atoms with van der Waals surface area (Å²) < 4.78 is 22.7. The molecule has 0 fully saturated rings. The first kappa shape index (κ1) is 82.0. The number of thiophene rings is 4. The van der Waals surface area contributed by atoms with Crippen molar-refractivity contribution < 1.29 is 8.83 Å².